The lowest BCUT2D eigenvalue weighted by atomic mass is 9.58. The van der Waals surface area contributed by atoms with E-state index < -0.39 is 5.41 Å². The number of pyridine rings is 1. The molecule has 0 spiro atoms. The number of carbonyl (C=O) groups is 1. The first-order valence-corrected chi connectivity index (χ1v) is 12.6. The third-order valence-electron chi connectivity index (χ3n) is 8.21. The molecule has 0 saturated carbocycles. The molecule has 2 aliphatic heterocycles. The summed E-state index contributed by atoms with van der Waals surface area (Å²) in [5.74, 6) is 0.249. The van der Waals surface area contributed by atoms with Gasteiger partial charge in [0.15, 0.2) is 11.9 Å². The Labute approximate surface area is 201 Å². The minimum absolute atomic E-state index is 0.0582. The van der Waals surface area contributed by atoms with E-state index in [2.05, 4.69) is 71.6 Å². The number of aryl methyl sites for hydroxylation is 1. The topological polar surface area (TPSA) is 66.7 Å². The number of carbonyl (C=O) groups excluding carboxylic acids is 1. The number of hydrogen-bond acceptors (Lipinski definition) is 5. The van der Waals surface area contributed by atoms with Crippen LogP contribution in [0.25, 0.3) is 11.1 Å². The van der Waals surface area contributed by atoms with Crippen LogP contribution in [0.3, 0.4) is 0 Å². The number of rotatable bonds is 3. The first-order valence-electron chi connectivity index (χ1n) is 12.6. The second-order valence-electron chi connectivity index (χ2n) is 11.0. The minimum atomic E-state index is -0.508. The highest BCUT2D eigenvalue weighted by Crippen LogP contribution is 2.54. The molecule has 174 valence electrons. The van der Waals surface area contributed by atoms with Crippen LogP contribution in [0.1, 0.15) is 69.7 Å². The third-order valence-corrected chi connectivity index (χ3v) is 8.21. The zero-order valence-electron chi connectivity index (χ0n) is 20.3. The first kappa shape index (κ1) is 21.5. The average Bonchev–Trinajstić information content (AvgIpc) is 3.30. The minimum Gasteiger partial charge on any atom is -0.362 e. The molecule has 2 aromatic rings. The van der Waals surface area contributed by atoms with Crippen molar-refractivity contribution >= 4 is 5.78 Å². The van der Waals surface area contributed by atoms with Gasteiger partial charge in [-0.05, 0) is 78.3 Å². The summed E-state index contributed by atoms with van der Waals surface area (Å²) in [6.45, 7) is 6.55. The number of fused-ring (bicyclic) bond motifs is 2. The van der Waals surface area contributed by atoms with Gasteiger partial charge in [0.2, 0.25) is 0 Å². The van der Waals surface area contributed by atoms with E-state index in [1.165, 1.54) is 40.8 Å². The van der Waals surface area contributed by atoms with Gasteiger partial charge in [-0.1, -0.05) is 39.0 Å². The van der Waals surface area contributed by atoms with Gasteiger partial charge in [0.05, 0.1) is 11.6 Å². The van der Waals surface area contributed by atoms with Crippen molar-refractivity contribution < 1.29 is 4.79 Å². The Kier molecular flexibility index (Phi) is 4.87. The fourth-order valence-corrected chi connectivity index (χ4v) is 6.74. The summed E-state index contributed by atoms with van der Waals surface area (Å²) in [6.07, 6.45) is 10.4. The van der Waals surface area contributed by atoms with Crippen LogP contribution in [0.4, 0.5) is 0 Å². The van der Waals surface area contributed by atoms with Crippen molar-refractivity contribution in [1.29, 1.82) is 0 Å². The molecule has 0 radical (unpaired) electrons. The average molecular weight is 453 g/mol. The Morgan fingerprint density at radius 1 is 1.12 bits per heavy atom. The molecule has 0 bridgehead atoms. The molecule has 2 aliphatic carbocycles. The van der Waals surface area contributed by atoms with Gasteiger partial charge >= 0.3 is 0 Å². The van der Waals surface area contributed by atoms with Crippen molar-refractivity contribution in [2.24, 2.45) is 15.6 Å². The zero-order chi connectivity index (χ0) is 23.5. The highest BCUT2D eigenvalue weighted by Gasteiger charge is 2.53. The van der Waals surface area contributed by atoms with Gasteiger partial charge in [0.1, 0.15) is 0 Å². The van der Waals surface area contributed by atoms with Gasteiger partial charge < -0.3 is 5.32 Å². The SMILES string of the molecule is CC[C@]1(c2cccc(-c3ccnc4c3CCCC4)c2)C2=CN=NC2NC2=C1C(=O)CC(C)(C)C2. The molecule has 0 amide bonds. The number of ketones is 1. The second kappa shape index (κ2) is 7.72. The van der Waals surface area contributed by atoms with Gasteiger partial charge in [-0.25, -0.2) is 0 Å². The molecule has 1 N–H and O–H groups in total. The lowest BCUT2D eigenvalue weighted by Gasteiger charge is -2.47. The second-order valence-corrected chi connectivity index (χ2v) is 11.0. The molecule has 1 aromatic heterocycles. The zero-order valence-corrected chi connectivity index (χ0v) is 20.3. The molecule has 2 atom stereocenters. The summed E-state index contributed by atoms with van der Waals surface area (Å²) >= 11 is 0. The molecule has 3 heterocycles. The van der Waals surface area contributed by atoms with E-state index >= 15 is 0 Å². The Morgan fingerprint density at radius 3 is 2.82 bits per heavy atom. The Bertz CT molecular complexity index is 1280. The van der Waals surface area contributed by atoms with E-state index in [1.54, 1.807) is 0 Å². The summed E-state index contributed by atoms with van der Waals surface area (Å²) in [7, 11) is 0. The van der Waals surface area contributed by atoms with E-state index in [4.69, 9.17) is 0 Å². The predicted octanol–water partition coefficient (Wildman–Crippen LogP) is 6.20. The first-order chi connectivity index (χ1) is 16.4. The van der Waals surface area contributed by atoms with Crippen LogP contribution < -0.4 is 5.32 Å². The quantitative estimate of drug-likeness (QED) is 0.603. The van der Waals surface area contributed by atoms with Crippen molar-refractivity contribution in [3.05, 3.63) is 76.4 Å². The van der Waals surface area contributed by atoms with Crippen LogP contribution in [0, 0.1) is 5.41 Å². The Hall–Kier alpha value is -3.08. The lowest BCUT2D eigenvalue weighted by molar-refractivity contribution is -0.119. The van der Waals surface area contributed by atoms with Crippen LogP contribution in [-0.2, 0) is 23.1 Å². The molecule has 1 aromatic carbocycles. The number of nitrogens with one attached hydrogen (secondary N) is 1. The van der Waals surface area contributed by atoms with E-state index in [1.807, 2.05) is 12.4 Å². The molecule has 4 aliphatic rings. The van der Waals surface area contributed by atoms with E-state index in [-0.39, 0.29) is 17.4 Å². The maximum atomic E-state index is 13.7. The highest BCUT2D eigenvalue weighted by atomic mass is 16.1. The van der Waals surface area contributed by atoms with Crippen molar-refractivity contribution in [3.63, 3.8) is 0 Å². The monoisotopic (exact) mass is 452 g/mol. The standard InChI is InChI=1S/C29H32N4O/c1-4-29(22-17-31-33-27(22)32-24-15-28(2,3)16-25(34)26(24)29)19-9-7-8-18(14-19)20-12-13-30-23-11-6-5-10-21(20)23/h7-9,12-14,17,27,32H,4-6,10-11,15-16H2,1-3H3/t27?,29-/m0/s1. The van der Waals surface area contributed by atoms with E-state index in [0.29, 0.717) is 6.42 Å². The van der Waals surface area contributed by atoms with Crippen LogP contribution in [0.2, 0.25) is 0 Å². The highest BCUT2D eigenvalue weighted by molar-refractivity contribution is 6.01. The maximum Gasteiger partial charge on any atom is 0.164 e. The maximum absolute atomic E-state index is 13.7. The van der Waals surface area contributed by atoms with Gasteiger partial charge in [0.25, 0.3) is 0 Å². The van der Waals surface area contributed by atoms with Gasteiger partial charge in [-0.3, -0.25) is 9.78 Å². The van der Waals surface area contributed by atoms with E-state index in [0.717, 1.165) is 42.5 Å². The van der Waals surface area contributed by atoms with E-state index in [9.17, 15) is 4.79 Å². The molecular formula is C29H32N4O. The number of hydrogen-bond donors (Lipinski definition) is 1. The largest absolute Gasteiger partial charge is 0.362 e. The lowest BCUT2D eigenvalue weighted by Crippen LogP contribution is -2.51. The smallest absolute Gasteiger partial charge is 0.164 e. The summed E-state index contributed by atoms with van der Waals surface area (Å²) in [5.41, 5.74) is 8.80. The molecule has 0 fully saturated rings. The number of Topliss-reactive ketones (excluding diaryl/α,β-unsaturated/α-hetero) is 1. The van der Waals surface area contributed by atoms with Crippen LogP contribution in [-0.4, -0.2) is 16.9 Å². The van der Waals surface area contributed by atoms with Crippen LogP contribution in [0.5, 0.6) is 0 Å². The van der Waals surface area contributed by atoms with Crippen molar-refractivity contribution in [2.45, 2.75) is 77.3 Å². The number of aromatic nitrogens is 1. The molecular weight excluding hydrogens is 420 g/mol. The van der Waals surface area contributed by atoms with Gasteiger partial charge in [-0.15, -0.1) is 0 Å². The van der Waals surface area contributed by atoms with Crippen LogP contribution >= 0.6 is 0 Å². The fraction of sp³-hybridized carbons (Fsp3) is 0.448. The molecule has 34 heavy (non-hydrogen) atoms. The number of allylic oxidation sites excluding steroid dienone is 2. The van der Waals surface area contributed by atoms with Crippen molar-refractivity contribution in [2.75, 3.05) is 0 Å². The van der Waals surface area contributed by atoms with Gasteiger partial charge in [-0.2, -0.15) is 10.2 Å². The van der Waals surface area contributed by atoms with Crippen molar-refractivity contribution in [3.8, 4) is 11.1 Å². The number of azo groups is 1. The summed E-state index contributed by atoms with van der Waals surface area (Å²) in [6, 6.07) is 11.0. The Balaban J connectivity index is 1.55. The summed E-state index contributed by atoms with van der Waals surface area (Å²) in [5, 5.41) is 12.4. The van der Waals surface area contributed by atoms with Crippen LogP contribution in [0.15, 0.2) is 69.8 Å². The molecule has 5 nitrogen and oxygen atoms in total. The third kappa shape index (κ3) is 3.13. The number of benzene rings is 1. The fourth-order valence-electron chi connectivity index (χ4n) is 6.74. The van der Waals surface area contributed by atoms with Crippen molar-refractivity contribution in [1.82, 2.24) is 10.3 Å². The predicted molar refractivity (Wildman–Crippen MR) is 133 cm³/mol. The Morgan fingerprint density at radius 2 is 1.97 bits per heavy atom. The molecule has 5 heteroatoms. The summed E-state index contributed by atoms with van der Waals surface area (Å²) in [4.78, 5) is 18.4. The normalized spacial score (nSPS) is 27.0. The number of nitrogens with zero attached hydrogens (tertiary/aromatic N) is 3. The summed E-state index contributed by atoms with van der Waals surface area (Å²) < 4.78 is 0. The molecule has 1 unspecified atom stereocenters. The van der Waals surface area contributed by atoms with Gasteiger partial charge in [0, 0.05) is 35.2 Å². The molecule has 0 saturated heterocycles. The molecule has 6 rings (SSSR count).